The Balaban J connectivity index is 2.22. The zero-order valence-corrected chi connectivity index (χ0v) is 18.1. The Hall–Kier alpha value is -2.23. The molecule has 0 radical (unpaired) electrons. The van der Waals surface area contributed by atoms with E-state index in [4.69, 9.17) is 14.5 Å². The summed E-state index contributed by atoms with van der Waals surface area (Å²) in [6, 6.07) is 5.68. The number of carbonyl (C=O) groups excluding carboxylic acids is 2. The second-order valence-electron chi connectivity index (χ2n) is 6.84. The number of hydrogen-bond acceptors (Lipinski definition) is 6. The summed E-state index contributed by atoms with van der Waals surface area (Å²) in [4.78, 5) is 43.0. The van der Waals surface area contributed by atoms with Crippen molar-refractivity contribution in [1.29, 1.82) is 0 Å². The number of nitrogens with zero attached hydrogens (tertiary/aromatic N) is 1. The van der Waals surface area contributed by atoms with Crippen LogP contribution in [0, 0.1) is 0 Å². The molecular formula is C19H28N3O7P. The van der Waals surface area contributed by atoms with E-state index < -0.39 is 31.8 Å². The van der Waals surface area contributed by atoms with Gasteiger partial charge in [-0.05, 0) is 25.0 Å². The SMILES string of the molecule is CCC[C@H](NOP(=O)(O)O)C(=O)N[C@H](Cc1cn(C)c2ccccc12)C(=O)OCC. The van der Waals surface area contributed by atoms with Crippen LogP contribution in [0.3, 0.4) is 0 Å². The van der Waals surface area contributed by atoms with E-state index in [9.17, 15) is 14.2 Å². The number of ether oxygens (including phenoxy) is 1. The van der Waals surface area contributed by atoms with Crippen molar-refractivity contribution >= 4 is 30.6 Å². The molecule has 166 valence electrons. The maximum absolute atomic E-state index is 12.7. The van der Waals surface area contributed by atoms with Gasteiger partial charge in [-0.2, -0.15) is 10.1 Å². The van der Waals surface area contributed by atoms with Gasteiger partial charge in [-0.1, -0.05) is 31.5 Å². The Morgan fingerprint density at radius 2 is 1.90 bits per heavy atom. The minimum atomic E-state index is -4.81. The Morgan fingerprint density at radius 1 is 1.20 bits per heavy atom. The normalized spacial score (nSPS) is 13.8. The van der Waals surface area contributed by atoms with Crippen LogP contribution in [-0.4, -0.2) is 44.9 Å². The third-order valence-electron chi connectivity index (χ3n) is 4.50. The van der Waals surface area contributed by atoms with Crippen molar-refractivity contribution in [1.82, 2.24) is 15.4 Å². The van der Waals surface area contributed by atoms with E-state index in [1.807, 2.05) is 42.1 Å². The molecule has 0 unspecified atom stereocenters. The van der Waals surface area contributed by atoms with Gasteiger partial charge in [0.05, 0.1) is 6.61 Å². The number of esters is 1. The number of aromatic nitrogens is 1. The lowest BCUT2D eigenvalue weighted by atomic mass is 10.0. The van der Waals surface area contributed by atoms with Gasteiger partial charge in [0, 0.05) is 30.6 Å². The summed E-state index contributed by atoms with van der Waals surface area (Å²) in [5, 5.41) is 3.58. The lowest BCUT2D eigenvalue weighted by Gasteiger charge is -2.22. The molecule has 1 heterocycles. The van der Waals surface area contributed by atoms with Crippen molar-refractivity contribution in [2.75, 3.05) is 6.61 Å². The molecule has 1 aromatic carbocycles. The molecule has 2 aromatic rings. The first kappa shape index (κ1) is 24.0. The predicted octanol–water partition coefficient (Wildman–Crippen LogP) is 1.55. The molecule has 10 nitrogen and oxygen atoms in total. The van der Waals surface area contributed by atoms with Crippen LogP contribution in [-0.2, 0) is 37.0 Å². The van der Waals surface area contributed by atoms with E-state index in [-0.39, 0.29) is 19.4 Å². The molecule has 0 spiro atoms. The molecular weight excluding hydrogens is 413 g/mol. The van der Waals surface area contributed by atoms with Crippen LogP contribution in [0.15, 0.2) is 30.5 Å². The molecule has 0 bridgehead atoms. The molecule has 2 rings (SSSR count). The number of rotatable bonds is 11. The summed E-state index contributed by atoms with van der Waals surface area (Å²) in [5.41, 5.74) is 3.95. The fraction of sp³-hybridized carbons (Fsp3) is 0.474. The predicted molar refractivity (Wildman–Crippen MR) is 110 cm³/mol. The highest BCUT2D eigenvalue weighted by Gasteiger charge is 2.29. The van der Waals surface area contributed by atoms with E-state index in [0.29, 0.717) is 6.42 Å². The number of amides is 1. The number of fused-ring (bicyclic) bond motifs is 1. The zero-order valence-electron chi connectivity index (χ0n) is 17.2. The van der Waals surface area contributed by atoms with E-state index in [1.165, 1.54) is 0 Å². The summed E-state index contributed by atoms with van der Waals surface area (Å²) < 4.78 is 22.3. The number of hydroxylamine groups is 1. The molecule has 1 aromatic heterocycles. The molecule has 0 aliphatic carbocycles. The van der Waals surface area contributed by atoms with Crippen LogP contribution in [0.25, 0.3) is 10.9 Å². The molecule has 1 amide bonds. The third kappa shape index (κ3) is 6.65. The van der Waals surface area contributed by atoms with Crippen LogP contribution in [0.4, 0.5) is 0 Å². The highest BCUT2D eigenvalue weighted by Crippen LogP contribution is 2.34. The zero-order chi connectivity index (χ0) is 22.3. The van der Waals surface area contributed by atoms with Gasteiger partial charge < -0.3 is 24.4 Å². The average molecular weight is 441 g/mol. The minimum absolute atomic E-state index is 0.151. The van der Waals surface area contributed by atoms with Gasteiger partial charge >= 0.3 is 13.8 Å². The fourth-order valence-electron chi connectivity index (χ4n) is 3.18. The van der Waals surface area contributed by atoms with Crippen molar-refractivity contribution in [2.24, 2.45) is 7.05 Å². The van der Waals surface area contributed by atoms with Crippen molar-refractivity contribution in [2.45, 2.75) is 45.2 Å². The van der Waals surface area contributed by atoms with E-state index in [2.05, 4.69) is 15.4 Å². The molecule has 0 fully saturated rings. The maximum atomic E-state index is 12.7. The van der Waals surface area contributed by atoms with E-state index in [0.717, 1.165) is 16.5 Å². The molecule has 0 saturated heterocycles. The largest absolute Gasteiger partial charge is 0.486 e. The Labute approximate surface area is 174 Å². The minimum Gasteiger partial charge on any atom is -0.464 e. The first-order chi connectivity index (χ1) is 14.2. The van der Waals surface area contributed by atoms with Crippen LogP contribution in [0.2, 0.25) is 0 Å². The second kappa shape index (κ2) is 10.7. The van der Waals surface area contributed by atoms with Gasteiger partial charge in [-0.3, -0.25) is 4.79 Å². The third-order valence-corrected chi connectivity index (χ3v) is 4.84. The Morgan fingerprint density at radius 3 is 2.53 bits per heavy atom. The van der Waals surface area contributed by atoms with Crippen LogP contribution in [0.5, 0.6) is 0 Å². The van der Waals surface area contributed by atoms with E-state index in [1.54, 1.807) is 13.8 Å². The summed E-state index contributed by atoms with van der Waals surface area (Å²) in [5.74, 6) is -1.21. The van der Waals surface area contributed by atoms with Gasteiger partial charge in [-0.25, -0.2) is 9.36 Å². The summed E-state index contributed by atoms with van der Waals surface area (Å²) in [6.07, 6.45) is 2.88. The Bertz CT molecular complexity index is 924. The lowest BCUT2D eigenvalue weighted by molar-refractivity contribution is -0.147. The van der Waals surface area contributed by atoms with Gasteiger partial charge in [0.2, 0.25) is 5.91 Å². The van der Waals surface area contributed by atoms with Crippen molar-refractivity contribution in [3.63, 3.8) is 0 Å². The summed E-state index contributed by atoms with van der Waals surface area (Å²) in [7, 11) is -2.92. The number of carbonyl (C=O) groups is 2. The molecule has 11 heteroatoms. The first-order valence-electron chi connectivity index (χ1n) is 9.65. The van der Waals surface area contributed by atoms with Gasteiger partial charge in [0.25, 0.3) is 0 Å². The summed E-state index contributed by atoms with van der Waals surface area (Å²) >= 11 is 0. The first-order valence-corrected chi connectivity index (χ1v) is 11.2. The smallest absolute Gasteiger partial charge is 0.464 e. The fourth-order valence-corrected chi connectivity index (χ4v) is 3.45. The van der Waals surface area contributed by atoms with Crippen molar-refractivity contribution < 1.29 is 33.3 Å². The van der Waals surface area contributed by atoms with Gasteiger partial charge in [0.1, 0.15) is 12.1 Å². The number of aryl methyl sites for hydroxylation is 1. The quantitative estimate of drug-likeness (QED) is 0.234. The molecule has 4 N–H and O–H groups in total. The van der Waals surface area contributed by atoms with Crippen LogP contribution in [0.1, 0.15) is 32.3 Å². The average Bonchev–Trinajstić information content (AvgIpc) is 3.00. The molecule has 2 atom stereocenters. The molecule has 30 heavy (non-hydrogen) atoms. The highest BCUT2D eigenvalue weighted by molar-refractivity contribution is 7.46. The van der Waals surface area contributed by atoms with Crippen molar-refractivity contribution in [3.05, 3.63) is 36.0 Å². The van der Waals surface area contributed by atoms with Crippen molar-refractivity contribution in [3.8, 4) is 0 Å². The molecule has 0 aliphatic heterocycles. The topological polar surface area (TPSA) is 139 Å². The number of phosphoric acid groups is 1. The number of para-hydroxylation sites is 1. The molecule has 0 aliphatic rings. The Kier molecular flexibility index (Phi) is 8.57. The molecule has 0 saturated carbocycles. The van der Waals surface area contributed by atoms with E-state index >= 15 is 0 Å². The maximum Gasteiger partial charge on any atom is 0.486 e. The van der Waals surface area contributed by atoms with Crippen LogP contribution >= 0.6 is 7.82 Å². The van der Waals surface area contributed by atoms with Gasteiger partial charge in [0.15, 0.2) is 0 Å². The number of hydrogen-bond donors (Lipinski definition) is 4. The summed E-state index contributed by atoms with van der Waals surface area (Å²) in [6.45, 7) is 3.63. The number of benzene rings is 1. The highest BCUT2D eigenvalue weighted by atomic mass is 31.2. The standard InChI is InChI=1S/C19H28N3O7P/c1-4-8-15(21-29-30(25,26)27)18(23)20-16(19(24)28-5-2)11-13-12-22(3)17-10-7-6-9-14(13)17/h6-7,9-10,12,15-16,21H,4-5,8,11H2,1-3H3,(H,20,23)(H2,25,26,27)/t15-,16+/m0/s1. The lowest BCUT2D eigenvalue weighted by Crippen LogP contribution is -2.51. The number of nitrogens with one attached hydrogen (secondary N) is 2. The van der Waals surface area contributed by atoms with Crippen LogP contribution < -0.4 is 10.8 Å². The monoisotopic (exact) mass is 441 g/mol. The second-order valence-corrected chi connectivity index (χ2v) is 8.00. The van der Waals surface area contributed by atoms with Gasteiger partial charge in [-0.15, -0.1) is 0 Å².